The summed E-state index contributed by atoms with van der Waals surface area (Å²) in [6, 6.07) is 0.354. The predicted octanol–water partition coefficient (Wildman–Crippen LogP) is 2.51. The van der Waals surface area contributed by atoms with E-state index >= 15 is 0 Å². The van der Waals surface area contributed by atoms with Crippen LogP contribution >= 0.6 is 0 Å². The Labute approximate surface area is 109 Å². The average molecular weight is 249 g/mol. The molecule has 0 N–H and O–H groups in total. The molecule has 0 aromatic heterocycles. The largest absolute Gasteiger partial charge is 0.466 e. The van der Waals surface area contributed by atoms with Gasteiger partial charge in [0.2, 0.25) is 0 Å². The maximum Gasteiger partial charge on any atom is 0.314 e. The molecule has 1 aliphatic carbocycles. The summed E-state index contributed by atoms with van der Waals surface area (Å²) >= 11 is 0. The van der Waals surface area contributed by atoms with Crippen molar-refractivity contribution < 1.29 is 9.53 Å². The van der Waals surface area contributed by atoms with Crippen LogP contribution in [0.4, 0.5) is 0 Å². The van der Waals surface area contributed by atoms with Crippen LogP contribution in [0.1, 0.15) is 45.4 Å². The number of piperidine rings is 2. The fraction of sp³-hybridized carbons (Fsp3) is 0.800. The van der Waals surface area contributed by atoms with Crippen LogP contribution in [0.3, 0.4) is 0 Å². The molecule has 0 bridgehead atoms. The number of allylic oxidation sites excluding steroid dienone is 1. The molecule has 3 nitrogen and oxygen atoms in total. The lowest BCUT2D eigenvalue weighted by molar-refractivity contribution is -0.164. The van der Waals surface area contributed by atoms with Gasteiger partial charge in [-0.25, -0.2) is 0 Å². The number of esters is 1. The van der Waals surface area contributed by atoms with Crippen LogP contribution in [-0.4, -0.2) is 36.6 Å². The van der Waals surface area contributed by atoms with Gasteiger partial charge in [0.1, 0.15) is 0 Å². The molecule has 2 saturated heterocycles. The Hall–Kier alpha value is -0.830. The number of hydrogen-bond acceptors (Lipinski definition) is 3. The second-order valence-electron chi connectivity index (χ2n) is 5.84. The first kappa shape index (κ1) is 12.2. The fourth-order valence-corrected chi connectivity index (χ4v) is 4.25. The summed E-state index contributed by atoms with van der Waals surface area (Å²) in [4.78, 5) is 15.0. The van der Waals surface area contributed by atoms with Crippen molar-refractivity contribution >= 4 is 5.97 Å². The summed E-state index contributed by atoms with van der Waals surface area (Å²) < 4.78 is 5.41. The second kappa shape index (κ2) is 4.69. The van der Waals surface area contributed by atoms with Crippen molar-refractivity contribution in [3.05, 3.63) is 11.6 Å². The third kappa shape index (κ3) is 1.71. The highest BCUT2D eigenvalue weighted by Gasteiger charge is 2.54. The highest BCUT2D eigenvalue weighted by atomic mass is 16.5. The lowest BCUT2D eigenvalue weighted by atomic mass is 9.63. The van der Waals surface area contributed by atoms with Gasteiger partial charge in [-0.3, -0.25) is 9.69 Å². The molecule has 2 aliphatic heterocycles. The SMILES string of the molecule is CCOC(=O)[C@@]12CCC=C3CCCN(CCC1)[C@@H]32. The van der Waals surface area contributed by atoms with Crippen LogP contribution in [0.15, 0.2) is 11.6 Å². The van der Waals surface area contributed by atoms with Crippen LogP contribution in [0.5, 0.6) is 0 Å². The van der Waals surface area contributed by atoms with Crippen LogP contribution in [-0.2, 0) is 9.53 Å². The molecule has 3 heteroatoms. The Morgan fingerprint density at radius 3 is 3.11 bits per heavy atom. The third-order valence-corrected chi connectivity index (χ3v) is 4.90. The molecule has 2 atom stereocenters. The van der Waals surface area contributed by atoms with Crippen LogP contribution < -0.4 is 0 Å². The quantitative estimate of drug-likeness (QED) is 0.556. The predicted molar refractivity (Wildman–Crippen MR) is 70.2 cm³/mol. The summed E-state index contributed by atoms with van der Waals surface area (Å²) in [6.07, 6.45) is 9.02. The summed E-state index contributed by atoms with van der Waals surface area (Å²) in [5.74, 6) is 0.0622. The molecular formula is C15H23NO2. The minimum Gasteiger partial charge on any atom is -0.466 e. The molecule has 3 rings (SSSR count). The normalized spacial score (nSPS) is 35.6. The van der Waals surface area contributed by atoms with Gasteiger partial charge < -0.3 is 4.74 Å². The van der Waals surface area contributed by atoms with Crippen molar-refractivity contribution in [2.75, 3.05) is 19.7 Å². The van der Waals surface area contributed by atoms with Gasteiger partial charge in [-0.15, -0.1) is 0 Å². The summed E-state index contributed by atoms with van der Waals surface area (Å²) in [5, 5.41) is 0. The Bertz CT molecular complexity index is 375. The van der Waals surface area contributed by atoms with E-state index in [0.717, 1.165) is 38.8 Å². The van der Waals surface area contributed by atoms with Gasteiger partial charge in [-0.1, -0.05) is 11.6 Å². The van der Waals surface area contributed by atoms with Gasteiger partial charge >= 0.3 is 5.97 Å². The average Bonchev–Trinajstić information content (AvgIpc) is 2.40. The molecule has 3 aliphatic rings. The van der Waals surface area contributed by atoms with E-state index in [-0.39, 0.29) is 11.4 Å². The van der Waals surface area contributed by atoms with Crippen molar-refractivity contribution in [1.82, 2.24) is 4.90 Å². The summed E-state index contributed by atoms with van der Waals surface area (Å²) in [6.45, 7) is 4.73. The Morgan fingerprint density at radius 1 is 1.44 bits per heavy atom. The fourth-order valence-electron chi connectivity index (χ4n) is 4.25. The van der Waals surface area contributed by atoms with Crippen molar-refractivity contribution in [3.8, 4) is 0 Å². The van der Waals surface area contributed by atoms with Crippen LogP contribution in [0, 0.1) is 5.41 Å². The molecule has 2 heterocycles. The highest BCUT2D eigenvalue weighted by Crippen LogP contribution is 2.49. The zero-order valence-electron chi connectivity index (χ0n) is 11.3. The lowest BCUT2D eigenvalue weighted by Gasteiger charge is -2.53. The standard InChI is InChI=1S/C15H23NO2/c1-2-18-14(17)15-8-3-6-12-7-4-10-16(13(12)15)11-5-9-15/h6,13H,2-5,7-11H2,1H3/t13-,15-/m0/s1. The van der Waals surface area contributed by atoms with Crippen molar-refractivity contribution in [2.24, 2.45) is 5.41 Å². The van der Waals surface area contributed by atoms with Gasteiger partial charge in [0.25, 0.3) is 0 Å². The maximum absolute atomic E-state index is 12.5. The zero-order chi connectivity index (χ0) is 12.6. The zero-order valence-corrected chi connectivity index (χ0v) is 11.3. The molecule has 0 amide bonds. The number of carbonyl (C=O) groups excluding carboxylic acids is 1. The van der Waals surface area contributed by atoms with Crippen molar-refractivity contribution in [3.63, 3.8) is 0 Å². The van der Waals surface area contributed by atoms with Crippen molar-refractivity contribution in [1.29, 1.82) is 0 Å². The number of nitrogens with zero attached hydrogens (tertiary/aromatic N) is 1. The van der Waals surface area contributed by atoms with E-state index in [0.29, 0.717) is 12.6 Å². The molecule has 0 saturated carbocycles. The van der Waals surface area contributed by atoms with Crippen molar-refractivity contribution in [2.45, 2.75) is 51.5 Å². The Balaban J connectivity index is 1.96. The molecule has 0 radical (unpaired) electrons. The Morgan fingerprint density at radius 2 is 2.28 bits per heavy atom. The molecule has 0 aromatic rings. The highest BCUT2D eigenvalue weighted by molar-refractivity contribution is 5.79. The smallest absolute Gasteiger partial charge is 0.314 e. The number of rotatable bonds is 2. The first-order chi connectivity index (χ1) is 8.78. The van der Waals surface area contributed by atoms with Gasteiger partial charge in [-0.2, -0.15) is 0 Å². The van der Waals surface area contributed by atoms with Gasteiger partial charge in [0, 0.05) is 6.04 Å². The van der Waals surface area contributed by atoms with E-state index in [1.807, 2.05) is 6.92 Å². The van der Waals surface area contributed by atoms with Crippen LogP contribution in [0.25, 0.3) is 0 Å². The molecule has 0 unspecified atom stereocenters. The van der Waals surface area contributed by atoms with E-state index < -0.39 is 0 Å². The monoisotopic (exact) mass is 249 g/mol. The van der Waals surface area contributed by atoms with E-state index in [2.05, 4.69) is 11.0 Å². The number of ether oxygens (including phenoxy) is 1. The van der Waals surface area contributed by atoms with Gasteiger partial charge in [-0.05, 0) is 58.5 Å². The first-order valence-electron chi connectivity index (χ1n) is 7.38. The molecule has 2 fully saturated rings. The second-order valence-corrected chi connectivity index (χ2v) is 5.84. The minimum atomic E-state index is -0.223. The van der Waals surface area contributed by atoms with Gasteiger partial charge in [0.05, 0.1) is 12.0 Å². The van der Waals surface area contributed by atoms with Crippen LogP contribution in [0.2, 0.25) is 0 Å². The molecule has 18 heavy (non-hydrogen) atoms. The third-order valence-electron chi connectivity index (χ3n) is 4.90. The topological polar surface area (TPSA) is 29.5 Å². The maximum atomic E-state index is 12.5. The van der Waals surface area contributed by atoms with E-state index in [1.165, 1.54) is 18.4 Å². The minimum absolute atomic E-state index is 0.0622. The molecule has 0 aromatic carbocycles. The summed E-state index contributed by atoms with van der Waals surface area (Å²) in [5.41, 5.74) is 1.29. The first-order valence-corrected chi connectivity index (χ1v) is 7.38. The van der Waals surface area contributed by atoms with E-state index in [4.69, 9.17) is 4.74 Å². The number of carbonyl (C=O) groups is 1. The van der Waals surface area contributed by atoms with E-state index in [9.17, 15) is 4.79 Å². The Kier molecular flexibility index (Phi) is 3.18. The lowest BCUT2D eigenvalue weighted by Crippen LogP contribution is -2.60. The van der Waals surface area contributed by atoms with E-state index in [1.54, 1.807) is 0 Å². The molecule has 0 spiro atoms. The number of hydrogen-bond donors (Lipinski definition) is 0. The van der Waals surface area contributed by atoms with Gasteiger partial charge in [0.15, 0.2) is 0 Å². The molecule has 100 valence electrons. The molecular weight excluding hydrogens is 226 g/mol. The summed E-state index contributed by atoms with van der Waals surface area (Å²) in [7, 11) is 0.